The lowest BCUT2D eigenvalue weighted by atomic mass is 9.86. The molecule has 2 aromatic rings. The lowest BCUT2D eigenvalue weighted by molar-refractivity contribution is -0.119. The number of benzene rings is 1. The first-order valence-corrected chi connectivity index (χ1v) is 11.5. The largest absolute Gasteiger partial charge is 0.485 e. The maximum Gasteiger partial charge on any atom is 0.230 e. The van der Waals surface area contributed by atoms with Crippen LogP contribution >= 0.6 is 11.8 Å². The Morgan fingerprint density at radius 3 is 2.83 bits per heavy atom. The van der Waals surface area contributed by atoms with Gasteiger partial charge in [0.2, 0.25) is 5.91 Å². The zero-order valence-corrected chi connectivity index (χ0v) is 18.7. The Morgan fingerprint density at radius 1 is 1.28 bits per heavy atom. The average molecular weight is 417 g/mol. The zero-order valence-electron chi connectivity index (χ0n) is 17.9. The van der Waals surface area contributed by atoms with Crippen LogP contribution < -0.4 is 10.1 Å². The van der Waals surface area contributed by atoms with Gasteiger partial charge in [0.05, 0.1) is 5.75 Å². The normalized spacial score (nSPS) is 19.2. The van der Waals surface area contributed by atoms with Crippen LogP contribution in [0.25, 0.3) is 0 Å². The fourth-order valence-corrected chi connectivity index (χ4v) is 4.60. The number of hydrogen-bond donors (Lipinski definition) is 1. The number of carbonyl (C=O) groups is 1. The Labute approximate surface area is 177 Å². The summed E-state index contributed by atoms with van der Waals surface area (Å²) >= 11 is 1.44. The maximum atomic E-state index is 12.4. The molecular weight excluding hydrogens is 384 g/mol. The van der Waals surface area contributed by atoms with Crippen LogP contribution in [-0.2, 0) is 17.9 Å². The molecule has 0 aliphatic heterocycles. The number of amides is 1. The van der Waals surface area contributed by atoms with Gasteiger partial charge >= 0.3 is 0 Å². The van der Waals surface area contributed by atoms with E-state index in [4.69, 9.17) is 4.74 Å². The van der Waals surface area contributed by atoms with E-state index in [2.05, 4.69) is 48.4 Å². The van der Waals surface area contributed by atoms with Crippen LogP contribution in [-0.4, -0.2) is 32.5 Å². The first-order valence-electron chi connectivity index (χ1n) is 10.5. The van der Waals surface area contributed by atoms with E-state index in [0.717, 1.165) is 40.8 Å². The Hall–Kier alpha value is -2.02. The number of nitrogens with zero attached hydrogens (tertiary/aromatic N) is 3. The lowest BCUT2D eigenvalue weighted by Gasteiger charge is -2.29. The minimum atomic E-state index is 0.0765. The van der Waals surface area contributed by atoms with Crippen molar-refractivity contribution in [3.63, 3.8) is 0 Å². The molecule has 1 N–H and O–H groups in total. The summed E-state index contributed by atoms with van der Waals surface area (Å²) in [5.41, 5.74) is 2.26. The van der Waals surface area contributed by atoms with Crippen molar-refractivity contribution in [2.24, 2.45) is 5.92 Å². The molecule has 0 unspecified atom stereocenters. The van der Waals surface area contributed by atoms with Gasteiger partial charge in [-0.25, -0.2) is 0 Å². The van der Waals surface area contributed by atoms with Crippen molar-refractivity contribution in [2.45, 2.75) is 77.7 Å². The van der Waals surface area contributed by atoms with E-state index in [9.17, 15) is 4.79 Å². The van der Waals surface area contributed by atoms with Gasteiger partial charge in [-0.1, -0.05) is 43.7 Å². The third-order valence-corrected chi connectivity index (χ3v) is 6.57. The standard InChI is InChI=1S/C22H32N4O2S/c1-5-26-20(13-28-19-12-15(2)10-11-17(19)4)24-25-22(26)29-14-21(27)23-18-9-7-6-8-16(18)3/h10-12,16,18H,5-9,13-14H2,1-4H3,(H,23,27)/t16-,18+/m0/s1. The summed E-state index contributed by atoms with van der Waals surface area (Å²) in [6.45, 7) is 9.46. The molecule has 29 heavy (non-hydrogen) atoms. The van der Waals surface area contributed by atoms with Gasteiger partial charge in [0.25, 0.3) is 0 Å². The molecule has 6 nitrogen and oxygen atoms in total. The summed E-state index contributed by atoms with van der Waals surface area (Å²) in [4.78, 5) is 12.4. The molecular formula is C22H32N4O2S. The molecule has 1 aromatic carbocycles. The van der Waals surface area contributed by atoms with Crippen molar-refractivity contribution in [3.8, 4) is 5.75 Å². The van der Waals surface area contributed by atoms with Gasteiger partial charge in [-0.05, 0) is 56.7 Å². The van der Waals surface area contributed by atoms with E-state index in [1.54, 1.807) is 0 Å². The molecule has 2 atom stereocenters. The molecule has 1 aromatic heterocycles. The van der Waals surface area contributed by atoms with Gasteiger partial charge in [0, 0.05) is 12.6 Å². The molecule has 0 saturated heterocycles. The van der Waals surface area contributed by atoms with E-state index < -0.39 is 0 Å². The number of hydrogen-bond acceptors (Lipinski definition) is 5. The fraction of sp³-hybridized carbons (Fsp3) is 0.591. The molecule has 1 amide bonds. The van der Waals surface area contributed by atoms with Crippen molar-refractivity contribution in [2.75, 3.05) is 5.75 Å². The van der Waals surface area contributed by atoms with Crippen LogP contribution in [0.5, 0.6) is 5.75 Å². The summed E-state index contributed by atoms with van der Waals surface area (Å²) in [5, 5.41) is 12.5. The highest BCUT2D eigenvalue weighted by Gasteiger charge is 2.23. The highest BCUT2D eigenvalue weighted by atomic mass is 32.2. The summed E-state index contributed by atoms with van der Waals surface area (Å²) in [6, 6.07) is 6.48. The summed E-state index contributed by atoms with van der Waals surface area (Å²) in [5.74, 6) is 2.64. The molecule has 1 fully saturated rings. The van der Waals surface area contributed by atoms with Crippen LogP contribution in [0.3, 0.4) is 0 Å². The van der Waals surface area contributed by atoms with Gasteiger partial charge in [-0.2, -0.15) is 0 Å². The monoisotopic (exact) mass is 416 g/mol. The Bertz CT molecular complexity index is 836. The van der Waals surface area contributed by atoms with E-state index in [0.29, 0.717) is 24.3 Å². The summed E-state index contributed by atoms with van der Waals surface area (Å²) in [6.07, 6.45) is 4.76. The Kier molecular flexibility index (Phi) is 7.58. The van der Waals surface area contributed by atoms with Crippen LogP contribution in [0.2, 0.25) is 0 Å². The second-order valence-corrected chi connectivity index (χ2v) is 8.87. The van der Waals surface area contributed by atoms with E-state index in [1.807, 2.05) is 17.6 Å². The molecule has 1 aliphatic rings. The van der Waals surface area contributed by atoms with Crippen LogP contribution in [0.4, 0.5) is 0 Å². The van der Waals surface area contributed by atoms with Crippen LogP contribution in [0.1, 0.15) is 56.5 Å². The fourth-order valence-electron chi connectivity index (χ4n) is 3.76. The predicted molar refractivity (Wildman–Crippen MR) is 116 cm³/mol. The molecule has 1 heterocycles. The molecule has 1 saturated carbocycles. The van der Waals surface area contributed by atoms with E-state index >= 15 is 0 Å². The number of carbonyl (C=O) groups excluding carboxylic acids is 1. The number of thioether (sulfide) groups is 1. The number of nitrogens with one attached hydrogen (secondary N) is 1. The molecule has 0 spiro atoms. The Morgan fingerprint density at radius 2 is 2.07 bits per heavy atom. The third-order valence-electron chi connectivity index (χ3n) is 5.60. The first kappa shape index (κ1) is 21.7. The molecule has 7 heteroatoms. The minimum absolute atomic E-state index is 0.0765. The minimum Gasteiger partial charge on any atom is -0.485 e. The smallest absolute Gasteiger partial charge is 0.230 e. The van der Waals surface area contributed by atoms with Gasteiger partial charge in [0.1, 0.15) is 12.4 Å². The highest BCUT2D eigenvalue weighted by Crippen LogP contribution is 2.25. The van der Waals surface area contributed by atoms with Gasteiger partial charge < -0.3 is 14.6 Å². The van der Waals surface area contributed by atoms with E-state index in [-0.39, 0.29) is 5.91 Å². The van der Waals surface area contributed by atoms with Crippen molar-refractivity contribution in [1.29, 1.82) is 0 Å². The zero-order chi connectivity index (χ0) is 20.8. The number of ether oxygens (including phenoxy) is 1. The second-order valence-electron chi connectivity index (χ2n) is 7.93. The number of rotatable bonds is 8. The van der Waals surface area contributed by atoms with Crippen LogP contribution in [0, 0.1) is 19.8 Å². The quantitative estimate of drug-likeness (QED) is 0.651. The second kappa shape index (κ2) is 10.1. The topological polar surface area (TPSA) is 69.0 Å². The lowest BCUT2D eigenvalue weighted by Crippen LogP contribution is -2.41. The Balaban J connectivity index is 1.56. The molecule has 1 aliphatic carbocycles. The highest BCUT2D eigenvalue weighted by molar-refractivity contribution is 7.99. The average Bonchev–Trinajstić information content (AvgIpc) is 3.10. The maximum absolute atomic E-state index is 12.4. The van der Waals surface area contributed by atoms with Crippen molar-refractivity contribution in [1.82, 2.24) is 20.1 Å². The predicted octanol–water partition coefficient (Wildman–Crippen LogP) is 4.28. The number of aromatic nitrogens is 3. The first-order chi connectivity index (χ1) is 14.0. The summed E-state index contributed by atoms with van der Waals surface area (Å²) in [7, 11) is 0. The molecule has 0 bridgehead atoms. The third kappa shape index (κ3) is 5.75. The van der Waals surface area contributed by atoms with Crippen molar-refractivity contribution in [3.05, 3.63) is 35.2 Å². The van der Waals surface area contributed by atoms with Crippen molar-refractivity contribution < 1.29 is 9.53 Å². The van der Waals surface area contributed by atoms with Gasteiger partial charge in [0.15, 0.2) is 11.0 Å². The van der Waals surface area contributed by atoms with E-state index in [1.165, 1.54) is 31.0 Å². The number of aryl methyl sites for hydroxylation is 2. The SMILES string of the molecule is CCn1c(COc2cc(C)ccc2C)nnc1SCC(=O)N[C@@H]1CCCC[C@@H]1C. The van der Waals surface area contributed by atoms with Crippen LogP contribution in [0.15, 0.2) is 23.4 Å². The van der Waals surface area contributed by atoms with Crippen molar-refractivity contribution >= 4 is 17.7 Å². The molecule has 3 rings (SSSR count). The summed E-state index contributed by atoms with van der Waals surface area (Å²) < 4.78 is 8.01. The van der Waals surface area contributed by atoms with Gasteiger partial charge in [-0.3, -0.25) is 4.79 Å². The molecule has 158 valence electrons. The molecule has 0 radical (unpaired) electrons. The van der Waals surface area contributed by atoms with Gasteiger partial charge in [-0.15, -0.1) is 10.2 Å².